The lowest BCUT2D eigenvalue weighted by molar-refractivity contribution is -0.147. The number of carbonyl (C=O) groups is 2. The summed E-state index contributed by atoms with van der Waals surface area (Å²) in [6.07, 6.45) is 4.85. The van der Waals surface area contributed by atoms with E-state index in [1.165, 1.54) is 0 Å². The molecule has 4 nitrogen and oxygen atoms in total. The van der Waals surface area contributed by atoms with Crippen molar-refractivity contribution in [2.45, 2.75) is 51.2 Å². The highest BCUT2D eigenvalue weighted by atomic mass is 16.6. The minimum absolute atomic E-state index is 0.0131. The Morgan fingerprint density at radius 2 is 2.28 bits per heavy atom. The van der Waals surface area contributed by atoms with Gasteiger partial charge in [0, 0.05) is 5.92 Å². The van der Waals surface area contributed by atoms with Gasteiger partial charge in [0.15, 0.2) is 0 Å². The van der Waals surface area contributed by atoms with E-state index in [9.17, 15) is 14.7 Å². The molecule has 4 heteroatoms. The van der Waals surface area contributed by atoms with Crippen molar-refractivity contribution in [3.63, 3.8) is 0 Å². The van der Waals surface area contributed by atoms with Crippen LogP contribution < -0.4 is 0 Å². The number of hydrogen-bond acceptors (Lipinski definition) is 4. The van der Waals surface area contributed by atoms with Crippen molar-refractivity contribution < 1.29 is 19.4 Å². The Labute approximate surface area is 107 Å². The molecule has 3 fully saturated rings. The van der Waals surface area contributed by atoms with Crippen LogP contribution in [0.15, 0.2) is 0 Å². The average Bonchev–Trinajstić information content (AvgIpc) is 2.60. The molecule has 0 radical (unpaired) electrons. The molecule has 1 heterocycles. The number of aliphatic hydroxyl groups excluding tert-OH is 1. The Morgan fingerprint density at radius 1 is 1.50 bits per heavy atom. The second-order valence-corrected chi connectivity index (χ2v) is 6.46. The molecule has 1 saturated heterocycles. The first-order valence-corrected chi connectivity index (χ1v) is 6.89. The van der Waals surface area contributed by atoms with E-state index in [0.29, 0.717) is 0 Å². The van der Waals surface area contributed by atoms with Gasteiger partial charge in [-0.25, -0.2) is 0 Å². The molecule has 2 saturated carbocycles. The fourth-order valence-corrected chi connectivity index (χ4v) is 4.38. The maximum atomic E-state index is 11.6. The molecular formula is C14H20O4. The summed E-state index contributed by atoms with van der Waals surface area (Å²) in [6, 6.07) is 0. The SMILES string of the molecule is C[C@]12CCC[C@H](O)[C@@H]1C[C@@H]1C(C=O)C(=O)O[C@@H]1C2. The van der Waals surface area contributed by atoms with Gasteiger partial charge in [0.25, 0.3) is 0 Å². The monoisotopic (exact) mass is 252 g/mol. The summed E-state index contributed by atoms with van der Waals surface area (Å²) >= 11 is 0. The van der Waals surface area contributed by atoms with Gasteiger partial charge in [0.1, 0.15) is 18.3 Å². The fourth-order valence-electron chi connectivity index (χ4n) is 4.38. The lowest BCUT2D eigenvalue weighted by Crippen LogP contribution is -2.49. The zero-order chi connectivity index (χ0) is 12.9. The first kappa shape index (κ1) is 12.2. The molecule has 18 heavy (non-hydrogen) atoms. The van der Waals surface area contributed by atoms with Gasteiger partial charge in [0.2, 0.25) is 0 Å². The third kappa shape index (κ3) is 1.62. The fraction of sp³-hybridized carbons (Fsp3) is 0.857. The lowest BCUT2D eigenvalue weighted by Gasteiger charge is -2.50. The summed E-state index contributed by atoms with van der Waals surface area (Å²) in [5.74, 6) is -0.768. The number of carbonyl (C=O) groups excluding carboxylic acids is 2. The van der Waals surface area contributed by atoms with Crippen LogP contribution in [0, 0.1) is 23.2 Å². The van der Waals surface area contributed by atoms with Crippen LogP contribution in [-0.2, 0) is 14.3 Å². The van der Waals surface area contributed by atoms with Gasteiger partial charge in [0.05, 0.1) is 6.10 Å². The smallest absolute Gasteiger partial charge is 0.316 e. The molecule has 0 bridgehead atoms. The van der Waals surface area contributed by atoms with Crippen molar-refractivity contribution in [2.75, 3.05) is 0 Å². The quantitative estimate of drug-likeness (QED) is 0.434. The average molecular weight is 252 g/mol. The van der Waals surface area contributed by atoms with Gasteiger partial charge in [-0.15, -0.1) is 0 Å². The highest BCUT2D eigenvalue weighted by Gasteiger charge is 2.56. The molecule has 1 aliphatic heterocycles. The Balaban J connectivity index is 1.87. The largest absolute Gasteiger partial charge is 0.461 e. The van der Waals surface area contributed by atoms with E-state index in [1.807, 2.05) is 0 Å². The molecule has 3 aliphatic rings. The highest BCUT2D eigenvalue weighted by molar-refractivity contribution is 5.90. The van der Waals surface area contributed by atoms with Crippen molar-refractivity contribution in [3.8, 4) is 0 Å². The molecule has 0 aromatic heterocycles. The van der Waals surface area contributed by atoms with E-state index in [2.05, 4.69) is 6.92 Å². The number of esters is 1. The van der Waals surface area contributed by atoms with Crippen LogP contribution in [0.1, 0.15) is 39.0 Å². The van der Waals surface area contributed by atoms with Crippen LogP contribution in [0.3, 0.4) is 0 Å². The van der Waals surface area contributed by atoms with E-state index in [0.717, 1.165) is 38.4 Å². The molecule has 0 aromatic carbocycles. The summed E-state index contributed by atoms with van der Waals surface area (Å²) in [5, 5.41) is 10.2. The number of aliphatic hydroxyl groups is 1. The molecule has 2 aliphatic carbocycles. The van der Waals surface area contributed by atoms with Crippen LogP contribution in [0.2, 0.25) is 0 Å². The van der Waals surface area contributed by atoms with Crippen molar-refractivity contribution >= 4 is 12.3 Å². The molecule has 0 aromatic rings. The van der Waals surface area contributed by atoms with E-state index in [1.54, 1.807) is 0 Å². The van der Waals surface area contributed by atoms with Crippen LogP contribution in [0.5, 0.6) is 0 Å². The number of ether oxygens (including phenoxy) is 1. The van der Waals surface area contributed by atoms with Gasteiger partial charge in [-0.2, -0.15) is 0 Å². The van der Waals surface area contributed by atoms with Crippen molar-refractivity contribution in [3.05, 3.63) is 0 Å². The normalized spacial score (nSPS) is 51.2. The Kier molecular flexibility index (Phi) is 2.73. The van der Waals surface area contributed by atoms with E-state index in [-0.39, 0.29) is 35.4 Å². The molecule has 1 N–H and O–H groups in total. The van der Waals surface area contributed by atoms with Crippen molar-refractivity contribution in [1.29, 1.82) is 0 Å². The third-order valence-corrected chi connectivity index (χ3v) is 5.43. The molecule has 0 spiro atoms. The second-order valence-electron chi connectivity index (χ2n) is 6.46. The van der Waals surface area contributed by atoms with E-state index in [4.69, 9.17) is 4.74 Å². The maximum Gasteiger partial charge on any atom is 0.316 e. The second kappa shape index (κ2) is 4.05. The van der Waals surface area contributed by atoms with E-state index < -0.39 is 5.92 Å². The Hall–Kier alpha value is -0.900. The van der Waals surface area contributed by atoms with Crippen LogP contribution in [0.4, 0.5) is 0 Å². The maximum absolute atomic E-state index is 11.6. The van der Waals surface area contributed by atoms with Gasteiger partial charge in [-0.1, -0.05) is 13.3 Å². The van der Waals surface area contributed by atoms with Gasteiger partial charge >= 0.3 is 5.97 Å². The predicted molar refractivity (Wildman–Crippen MR) is 63.6 cm³/mol. The summed E-state index contributed by atoms with van der Waals surface area (Å²) in [6.45, 7) is 2.19. The Bertz CT molecular complexity index is 380. The standard InChI is InChI=1S/C14H20O4/c1-14-4-2-3-11(16)10(14)5-8-9(7-15)13(17)18-12(8)6-14/h7-12,16H,2-6H2,1H3/t8-,9?,10+,11+,12-,14-/m1/s1. The zero-order valence-electron chi connectivity index (χ0n) is 10.7. The lowest BCUT2D eigenvalue weighted by atomic mass is 9.55. The molecule has 1 unspecified atom stereocenters. The minimum atomic E-state index is -0.603. The number of hydrogen-bond donors (Lipinski definition) is 1. The molecule has 3 rings (SSSR count). The first-order valence-electron chi connectivity index (χ1n) is 6.89. The van der Waals surface area contributed by atoms with Crippen LogP contribution in [0.25, 0.3) is 0 Å². The summed E-state index contributed by atoms with van der Waals surface area (Å²) in [5.41, 5.74) is 0.0664. The molecule has 0 amide bonds. The summed E-state index contributed by atoms with van der Waals surface area (Å²) in [4.78, 5) is 22.7. The topological polar surface area (TPSA) is 63.6 Å². The molecule has 100 valence electrons. The van der Waals surface area contributed by atoms with Crippen LogP contribution in [-0.4, -0.2) is 29.6 Å². The number of aldehydes is 1. The number of rotatable bonds is 1. The zero-order valence-corrected chi connectivity index (χ0v) is 10.7. The minimum Gasteiger partial charge on any atom is -0.461 e. The number of fused-ring (bicyclic) bond motifs is 2. The third-order valence-electron chi connectivity index (χ3n) is 5.43. The van der Waals surface area contributed by atoms with E-state index >= 15 is 0 Å². The molecule has 6 atom stereocenters. The van der Waals surface area contributed by atoms with Gasteiger partial charge < -0.3 is 14.6 Å². The van der Waals surface area contributed by atoms with Crippen molar-refractivity contribution in [1.82, 2.24) is 0 Å². The molecular weight excluding hydrogens is 232 g/mol. The highest BCUT2D eigenvalue weighted by Crippen LogP contribution is 2.55. The Morgan fingerprint density at radius 3 is 3.00 bits per heavy atom. The summed E-state index contributed by atoms with van der Waals surface area (Å²) in [7, 11) is 0. The van der Waals surface area contributed by atoms with Gasteiger partial charge in [-0.05, 0) is 37.0 Å². The van der Waals surface area contributed by atoms with Gasteiger partial charge in [-0.3, -0.25) is 4.79 Å². The van der Waals surface area contributed by atoms with Crippen molar-refractivity contribution in [2.24, 2.45) is 23.2 Å². The first-order chi connectivity index (χ1) is 8.55. The van der Waals surface area contributed by atoms with Crippen LogP contribution >= 0.6 is 0 Å². The summed E-state index contributed by atoms with van der Waals surface area (Å²) < 4.78 is 5.37. The predicted octanol–water partition coefficient (Wildman–Crippen LogP) is 1.30.